The number of fused-ring (bicyclic) bond motifs is 1. The molecule has 370 valence electrons. The number of nitriles is 3. The molecule has 3 fully saturated rings. The van der Waals surface area contributed by atoms with Crippen molar-refractivity contribution in [2.45, 2.75) is 91.4 Å². The number of nitrogens with two attached hydrogens (primary N) is 1. The van der Waals surface area contributed by atoms with E-state index in [2.05, 4.69) is 40.7 Å². The number of nitro benzene ring substituents is 2. The lowest BCUT2D eigenvalue weighted by Gasteiger charge is -2.16. The van der Waals surface area contributed by atoms with Gasteiger partial charge in [-0.25, -0.2) is 4.98 Å². The van der Waals surface area contributed by atoms with E-state index in [1.165, 1.54) is 31.9 Å². The van der Waals surface area contributed by atoms with Crippen molar-refractivity contribution in [2.75, 3.05) is 44.1 Å². The lowest BCUT2D eigenvalue weighted by molar-refractivity contribution is -0.384. The molecule has 4 aromatic rings. The smallest absolute Gasteiger partial charge is 0.303 e. The van der Waals surface area contributed by atoms with Crippen LogP contribution in [0.5, 0.6) is 17.2 Å². The van der Waals surface area contributed by atoms with Crippen LogP contribution in [0.4, 0.5) is 22.7 Å². The minimum Gasteiger partial charge on any atom is -0.492 e. The first-order valence-electron chi connectivity index (χ1n) is 22.5. The van der Waals surface area contributed by atoms with Crippen molar-refractivity contribution in [2.24, 2.45) is 17.8 Å². The standard InChI is InChI=1S/C21H29N3O4Si.C15H15N3O6.C11H11N3O3/c1-15(25)27-13-21-23-18-9-17(11-22)20(28-12-16-5-6-16)10-19(18)24(21)14-26-7-8-29(2,3)4;1-9(19)23-8-15(20)17-12-5-14(24-7-10-2-3-10)11(6-16)4-13(12)18(21)22;12-5-8-3-10(14(15)16)9(13)4-11(8)17-6-7-1-2-7/h9-10,16H,5-8,12-14H2,1-4H3;4-5,10H,2-3,7-8H2,1H3,(H,17,20);3-4,7H,1-2,6,13H2. The Morgan fingerprint density at radius 2 is 1.24 bits per heavy atom. The highest BCUT2D eigenvalue weighted by atomic mass is 28.3. The number of nitro groups is 2. The van der Waals surface area contributed by atoms with Crippen LogP contribution in [0, 0.1) is 72.0 Å². The summed E-state index contributed by atoms with van der Waals surface area (Å²) in [6, 6.07) is 15.3. The molecule has 0 spiro atoms. The first-order valence-corrected chi connectivity index (χ1v) is 26.2. The van der Waals surface area contributed by atoms with E-state index in [1.54, 1.807) is 6.07 Å². The fourth-order valence-corrected chi connectivity index (χ4v) is 6.93. The summed E-state index contributed by atoms with van der Waals surface area (Å²) in [5.41, 5.74) is 6.81. The number of carbonyl (C=O) groups excluding carboxylic acids is 3. The number of hydrogen-bond donors (Lipinski definition) is 2. The van der Waals surface area contributed by atoms with Crippen molar-refractivity contribution >= 4 is 59.7 Å². The zero-order valence-electron chi connectivity index (χ0n) is 39.6. The van der Waals surface area contributed by atoms with Gasteiger partial charge in [-0.2, -0.15) is 15.8 Å². The molecule has 3 saturated carbocycles. The molecule has 70 heavy (non-hydrogen) atoms. The van der Waals surface area contributed by atoms with Gasteiger partial charge in [0.25, 0.3) is 17.3 Å². The Hall–Kier alpha value is -7.81. The van der Waals surface area contributed by atoms with Gasteiger partial charge in [-0.1, -0.05) is 19.6 Å². The summed E-state index contributed by atoms with van der Waals surface area (Å²) in [7, 11) is -1.19. The molecule has 1 heterocycles. The highest BCUT2D eigenvalue weighted by Crippen LogP contribution is 2.37. The largest absolute Gasteiger partial charge is 0.492 e. The van der Waals surface area contributed by atoms with E-state index in [0.717, 1.165) is 56.3 Å². The molecule has 3 aromatic carbocycles. The second-order valence-electron chi connectivity index (χ2n) is 18.1. The summed E-state index contributed by atoms with van der Waals surface area (Å²) >= 11 is 0. The van der Waals surface area contributed by atoms with Crippen LogP contribution in [0.15, 0.2) is 36.4 Å². The van der Waals surface area contributed by atoms with Crippen molar-refractivity contribution in [3.63, 3.8) is 0 Å². The lowest BCUT2D eigenvalue weighted by atomic mass is 10.1. The summed E-state index contributed by atoms with van der Waals surface area (Å²) in [6.45, 7) is 11.5. The highest BCUT2D eigenvalue weighted by molar-refractivity contribution is 6.76. The predicted octanol–water partition coefficient (Wildman–Crippen LogP) is 7.67. The van der Waals surface area contributed by atoms with Gasteiger partial charge >= 0.3 is 11.9 Å². The Morgan fingerprint density at radius 1 is 0.757 bits per heavy atom. The number of nitrogens with zero attached hydrogens (tertiary/aromatic N) is 7. The van der Waals surface area contributed by atoms with Crippen molar-refractivity contribution in [1.82, 2.24) is 9.55 Å². The van der Waals surface area contributed by atoms with Gasteiger partial charge in [0.1, 0.15) is 77.1 Å². The molecule has 1 amide bonds. The Balaban J connectivity index is 0.000000202. The van der Waals surface area contributed by atoms with Crippen LogP contribution in [-0.4, -0.2) is 78.4 Å². The molecule has 0 unspecified atom stereocenters. The number of rotatable bonds is 21. The first-order chi connectivity index (χ1) is 33.3. The Morgan fingerprint density at radius 3 is 1.71 bits per heavy atom. The van der Waals surface area contributed by atoms with Gasteiger partial charge in [-0.15, -0.1) is 0 Å². The van der Waals surface area contributed by atoms with E-state index in [1.807, 2.05) is 22.8 Å². The zero-order chi connectivity index (χ0) is 51.1. The average molecular weight is 982 g/mol. The number of aromatic nitrogens is 2. The molecular weight excluding hydrogens is 927 g/mol. The average Bonchev–Trinajstić information content (AvgIpc) is 4.17. The molecule has 7 rings (SSSR count). The third-order valence-corrected chi connectivity index (χ3v) is 12.4. The van der Waals surface area contributed by atoms with Crippen LogP contribution in [-0.2, 0) is 41.9 Å². The van der Waals surface area contributed by atoms with Crippen molar-refractivity contribution in [3.05, 3.63) is 79.1 Å². The van der Waals surface area contributed by atoms with Gasteiger partial charge in [-0.05, 0) is 68.4 Å². The van der Waals surface area contributed by atoms with Crippen LogP contribution in [0.25, 0.3) is 11.0 Å². The van der Waals surface area contributed by atoms with Crippen LogP contribution >= 0.6 is 0 Å². The Bertz CT molecular complexity index is 2720. The van der Waals surface area contributed by atoms with Gasteiger partial charge in [0.05, 0.1) is 46.3 Å². The summed E-state index contributed by atoms with van der Waals surface area (Å²) < 4.78 is 34.4. The van der Waals surface area contributed by atoms with Gasteiger partial charge in [0.2, 0.25) is 0 Å². The van der Waals surface area contributed by atoms with Crippen LogP contribution in [0.1, 0.15) is 74.9 Å². The number of nitrogens with one attached hydrogen (secondary N) is 1. The predicted molar refractivity (Wildman–Crippen MR) is 254 cm³/mol. The van der Waals surface area contributed by atoms with Crippen LogP contribution in [0.3, 0.4) is 0 Å². The number of benzene rings is 3. The Kier molecular flexibility index (Phi) is 18.6. The molecule has 0 radical (unpaired) electrons. The van der Waals surface area contributed by atoms with Crippen molar-refractivity contribution < 1.29 is 52.7 Å². The molecule has 0 aliphatic heterocycles. The van der Waals surface area contributed by atoms with E-state index in [-0.39, 0.29) is 46.5 Å². The fourth-order valence-electron chi connectivity index (χ4n) is 6.17. The highest BCUT2D eigenvalue weighted by Gasteiger charge is 2.27. The van der Waals surface area contributed by atoms with E-state index in [0.29, 0.717) is 79.3 Å². The normalized spacial score (nSPS) is 13.6. The maximum atomic E-state index is 11.7. The minimum atomic E-state index is -1.19. The molecule has 0 atom stereocenters. The number of carbonyl (C=O) groups is 3. The summed E-state index contributed by atoms with van der Waals surface area (Å²) in [6.07, 6.45) is 6.70. The SMILES string of the molecule is CC(=O)OCC(=O)Nc1cc(OCC2CC2)c(C#N)cc1[N+](=O)[O-].CC(=O)OCc1nc2cc(C#N)c(OCC3CC3)cc2n1COCC[Si](C)(C)C.N#Cc1cc([N+](=O)[O-])c(N)cc1OCC1CC1. The summed E-state index contributed by atoms with van der Waals surface area (Å²) in [5, 5.41) is 51.6. The molecule has 1 aromatic heterocycles. The number of amides is 1. The van der Waals surface area contributed by atoms with Gasteiger partial charge in [0.15, 0.2) is 6.61 Å². The molecule has 23 heteroatoms. The molecule has 3 N–H and O–H groups in total. The Labute approximate surface area is 404 Å². The lowest BCUT2D eigenvalue weighted by Crippen LogP contribution is -2.22. The monoisotopic (exact) mass is 981 g/mol. The zero-order valence-corrected chi connectivity index (χ0v) is 40.6. The second-order valence-corrected chi connectivity index (χ2v) is 23.8. The maximum absolute atomic E-state index is 11.7. The third-order valence-electron chi connectivity index (χ3n) is 10.7. The van der Waals surface area contributed by atoms with E-state index >= 15 is 0 Å². The molecule has 22 nitrogen and oxygen atoms in total. The molecule has 0 saturated heterocycles. The number of nitrogen functional groups attached to an aromatic ring is 1. The van der Waals surface area contributed by atoms with Gasteiger partial charge in [-0.3, -0.25) is 34.6 Å². The fraction of sp³-hybridized carbons (Fsp3) is 0.468. The van der Waals surface area contributed by atoms with Gasteiger partial charge < -0.3 is 44.0 Å². The van der Waals surface area contributed by atoms with E-state index in [9.17, 15) is 39.9 Å². The van der Waals surface area contributed by atoms with Gasteiger partial charge in [0, 0.05) is 58.9 Å². The minimum absolute atomic E-state index is 0.0137. The number of hydrogen-bond acceptors (Lipinski definition) is 18. The second kappa shape index (κ2) is 24.5. The van der Waals surface area contributed by atoms with Crippen molar-refractivity contribution in [3.8, 4) is 35.5 Å². The first kappa shape index (κ1) is 53.1. The maximum Gasteiger partial charge on any atom is 0.303 e. The molecule has 0 bridgehead atoms. The van der Waals surface area contributed by atoms with E-state index < -0.39 is 42.1 Å². The molecular formula is C47H55N9O13Si. The van der Waals surface area contributed by atoms with E-state index in [4.69, 9.17) is 39.9 Å². The van der Waals surface area contributed by atoms with Crippen LogP contribution in [0.2, 0.25) is 25.7 Å². The number of imidazole rings is 1. The number of ether oxygens (including phenoxy) is 6. The van der Waals surface area contributed by atoms with Crippen molar-refractivity contribution in [1.29, 1.82) is 15.8 Å². The molecule has 3 aliphatic carbocycles. The number of anilines is 2. The topological polar surface area (TPSA) is 320 Å². The number of esters is 2. The molecule has 3 aliphatic rings. The summed E-state index contributed by atoms with van der Waals surface area (Å²) in [5.74, 6) is 1.45. The third kappa shape index (κ3) is 16.8. The quantitative estimate of drug-likeness (QED) is 0.0202. The van der Waals surface area contributed by atoms with Crippen LogP contribution < -0.4 is 25.3 Å². The summed E-state index contributed by atoms with van der Waals surface area (Å²) in [4.78, 5) is 58.7.